The lowest BCUT2D eigenvalue weighted by Crippen LogP contribution is -2.49. The number of hydrogen-bond donors (Lipinski definition) is 1. The molecule has 2 aromatic rings. The lowest BCUT2D eigenvalue weighted by Gasteiger charge is -2.33. The Morgan fingerprint density at radius 3 is 2.83 bits per heavy atom. The van der Waals surface area contributed by atoms with Crippen LogP contribution < -0.4 is 0 Å². The Labute approximate surface area is 141 Å². The van der Waals surface area contributed by atoms with E-state index in [1.807, 2.05) is 35.0 Å². The second-order valence-electron chi connectivity index (χ2n) is 6.20. The van der Waals surface area contributed by atoms with Crippen molar-refractivity contribution in [2.24, 2.45) is 0 Å². The molecule has 0 radical (unpaired) electrons. The summed E-state index contributed by atoms with van der Waals surface area (Å²) in [7, 11) is 4.02. The van der Waals surface area contributed by atoms with E-state index in [-0.39, 0.29) is 5.91 Å². The molecule has 0 saturated carbocycles. The zero-order valence-electron chi connectivity index (χ0n) is 13.5. The van der Waals surface area contributed by atoms with Gasteiger partial charge in [0.05, 0.1) is 24.1 Å². The summed E-state index contributed by atoms with van der Waals surface area (Å²) in [5, 5.41) is 0.686. The minimum Gasteiger partial charge on any atom is -0.341 e. The van der Waals surface area contributed by atoms with Gasteiger partial charge >= 0.3 is 0 Å². The van der Waals surface area contributed by atoms with Gasteiger partial charge in [0, 0.05) is 31.2 Å². The van der Waals surface area contributed by atoms with Crippen molar-refractivity contribution >= 4 is 28.5 Å². The summed E-state index contributed by atoms with van der Waals surface area (Å²) in [4.78, 5) is 26.3. The minimum atomic E-state index is 0.180. The number of hydrogen-bond acceptors (Lipinski definition) is 4. The van der Waals surface area contributed by atoms with Crippen LogP contribution in [0.1, 0.15) is 5.82 Å². The zero-order chi connectivity index (χ0) is 16.4. The Morgan fingerprint density at radius 2 is 2.09 bits per heavy atom. The molecule has 23 heavy (non-hydrogen) atoms. The van der Waals surface area contributed by atoms with Crippen molar-refractivity contribution in [2.45, 2.75) is 6.54 Å². The van der Waals surface area contributed by atoms with Gasteiger partial charge in [-0.05, 0) is 32.3 Å². The van der Waals surface area contributed by atoms with E-state index in [2.05, 4.69) is 21.9 Å². The number of halogens is 1. The largest absolute Gasteiger partial charge is 0.341 e. The molecule has 6 nitrogen and oxygen atoms in total. The predicted molar refractivity (Wildman–Crippen MR) is 91.5 cm³/mol. The molecule has 0 aliphatic carbocycles. The standard InChI is InChI=1S/C16H22ClN5O/c1-20-5-7-22(8-6-20)16(23)11-21(2)10-15-18-13-4-3-12(17)9-14(13)19-15/h3-4,9H,5-8,10-11H2,1-2H3,(H,18,19). The highest BCUT2D eigenvalue weighted by Gasteiger charge is 2.20. The van der Waals surface area contributed by atoms with Gasteiger partial charge in [-0.15, -0.1) is 0 Å². The van der Waals surface area contributed by atoms with E-state index in [4.69, 9.17) is 11.6 Å². The van der Waals surface area contributed by atoms with Crippen molar-refractivity contribution in [1.29, 1.82) is 0 Å². The van der Waals surface area contributed by atoms with Crippen LogP contribution in [0.5, 0.6) is 0 Å². The lowest BCUT2D eigenvalue weighted by atomic mass is 10.3. The molecule has 1 amide bonds. The fourth-order valence-electron chi connectivity index (χ4n) is 2.81. The van der Waals surface area contributed by atoms with Gasteiger partial charge in [0.25, 0.3) is 0 Å². The second kappa shape index (κ2) is 6.86. The topological polar surface area (TPSA) is 55.5 Å². The highest BCUT2D eigenvalue weighted by atomic mass is 35.5. The summed E-state index contributed by atoms with van der Waals surface area (Å²) in [5.74, 6) is 1.02. The fourth-order valence-corrected chi connectivity index (χ4v) is 2.98. The normalized spacial score (nSPS) is 16.4. The summed E-state index contributed by atoms with van der Waals surface area (Å²) >= 11 is 5.99. The van der Waals surface area contributed by atoms with E-state index >= 15 is 0 Å². The van der Waals surface area contributed by atoms with Crippen molar-refractivity contribution in [1.82, 2.24) is 24.7 Å². The lowest BCUT2D eigenvalue weighted by molar-refractivity contribution is -0.133. The van der Waals surface area contributed by atoms with Crippen LogP contribution in [-0.4, -0.2) is 77.4 Å². The number of aromatic amines is 1. The summed E-state index contributed by atoms with van der Waals surface area (Å²) < 4.78 is 0. The van der Waals surface area contributed by atoms with Gasteiger partial charge in [-0.2, -0.15) is 0 Å². The summed E-state index contributed by atoms with van der Waals surface area (Å²) in [6, 6.07) is 5.59. The van der Waals surface area contributed by atoms with Gasteiger partial charge in [0.15, 0.2) is 0 Å². The molecule has 3 rings (SSSR count). The van der Waals surface area contributed by atoms with Crippen molar-refractivity contribution in [3.63, 3.8) is 0 Å². The number of benzene rings is 1. The van der Waals surface area contributed by atoms with Gasteiger partial charge in [0.1, 0.15) is 5.82 Å². The molecule has 0 spiro atoms. The number of carbonyl (C=O) groups excluding carboxylic acids is 1. The summed E-state index contributed by atoms with van der Waals surface area (Å²) in [6.45, 7) is 4.52. The van der Waals surface area contributed by atoms with Crippen molar-refractivity contribution in [2.75, 3.05) is 46.8 Å². The van der Waals surface area contributed by atoms with Gasteiger partial charge in [-0.3, -0.25) is 9.69 Å². The molecule has 1 N–H and O–H groups in total. The van der Waals surface area contributed by atoms with Crippen LogP contribution in [0.2, 0.25) is 5.02 Å². The molecule has 0 bridgehead atoms. The van der Waals surface area contributed by atoms with Crippen LogP contribution in [0.15, 0.2) is 18.2 Å². The Kier molecular flexibility index (Phi) is 4.84. The van der Waals surface area contributed by atoms with Crippen LogP contribution in [0.25, 0.3) is 11.0 Å². The smallest absolute Gasteiger partial charge is 0.236 e. The third kappa shape index (κ3) is 4.02. The maximum atomic E-state index is 12.3. The van der Waals surface area contributed by atoms with Crippen molar-refractivity contribution < 1.29 is 4.79 Å². The average Bonchev–Trinajstić information content (AvgIpc) is 2.88. The van der Waals surface area contributed by atoms with E-state index in [0.29, 0.717) is 18.1 Å². The first-order chi connectivity index (χ1) is 11.0. The van der Waals surface area contributed by atoms with Gasteiger partial charge < -0.3 is 14.8 Å². The molecule has 1 saturated heterocycles. The van der Waals surface area contributed by atoms with Crippen LogP contribution in [-0.2, 0) is 11.3 Å². The van der Waals surface area contributed by atoms with Crippen molar-refractivity contribution in [3.8, 4) is 0 Å². The Morgan fingerprint density at radius 1 is 1.35 bits per heavy atom. The average molecular weight is 336 g/mol. The molecular weight excluding hydrogens is 314 g/mol. The molecule has 1 fully saturated rings. The number of likely N-dealkylation sites (N-methyl/N-ethyl adjacent to an activating group) is 2. The molecule has 7 heteroatoms. The second-order valence-corrected chi connectivity index (χ2v) is 6.64. The maximum absolute atomic E-state index is 12.3. The van der Waals surface area contributed by atoms with Crippen molar-refractivity contribution in [3.05, 3.63) is 29.0 Å². The molecule has 1 aromatic carbocycles. The predicted octanol–water partition coefficient (Wildman–Crippen LogP) is 1.42. The first kappa shape index (κ1) is 16.2. The third-order valence-electron chi connectivity index (χ3n) is 4.17. The number of amides is 1. The maximum Gasteiger partial charge on any atom is 0.236 e. The molecule has 1 aromatic heterocycles. The first-order valence-electron chi connectivity index (χ1n) is 7.80. The number of rotatable bonds is 4. The molecule has 0 unspecified atom stereocenters. The van der Waals surface area contributed by atoms with E-state index in [0.717, 1.165) is 43.0 Å². The number of aromatic nitrogens is 2. The van der Waals surface area contributed by atoms with Gasteiger partial charge in [-0.25, -0.2) is 4.98 Å². The first-order valence-corrected chi connectivity index (χ1v) is 8.18. The quantitative estimate of drug-likeness (QED) is 0.918. The Balaban J connectivity index is 1.57. The SMILES string of the molecule is CN1CCN(C(=O)CN(C)Cc2nc3ccc(Cl)cc3[nH]2)CC1. The number of imidazole rings is 1. The monoisotopic (exact) mass is 335 g/mol. The van der Waals surface area contributed by atoms with Crippen LogP contribution in [0.3, 0.4) is 0 Å². The number of nitrogens with zero attached hydrogens (tertiary/aromatic N) is 4. The highest BCUT2D eigenvalue weighted by molar-refractivity contribution is 6.31. The molecule has 124 valence electrons. The molecule has 1 aliphatic rings. The highest BCUT2D eigenvalue weighted by Crippen LogP contribution is 2.17. The van der Waals surface area contributed by atoms with E-state index < -0.39 is 0 Å². The number of nitrogens with one attached hydrogen (secondary N) is 1. The van der Waals surface area contributed by atoms with E-state index in [1.165, 1.54) is 0 Å². The van der Waals surface area contributed by atoms with Crippen LogP contribution >= 0.6 is 11.6 Å². The number of carbonyl (C=O) groups is 1. The summed E-state index contributed by atoms with van der Waals surface area (Å²) in [6.07, 6.45) is 0. The zero-order valence-corrected chi connectivity index (χ0v) is 14.3. The van der Waals surface area contributed by atoms with Crippen LogP contribution in [0, 0.1) is 0 Å². The van der Waals surface area contributed by atoms with Gasteiger partial charge in [-0.1, -0.05) is 11.6 Å². The number of piperazine rings is 1. The molecule has 0 atom stereocenters. The number of fused-ring (bicyclic) bond motifs is 1. The fraction of sp³-hybridized carbons (Fsp3) is 0.500. The third-order valence-corrected chi connectivity index (χ3v) is 4.41. The summed E-state index contributed by atoms with van der Waals surface area (Å²) in [5.41, 5.74) is 1.81. The minimum absolute atomic E-state index is 0.180. The molecule has 1 aliphatic heterocycles. The van der Waals surface area contributed by atoms with E-state index in [9.17, 15) is 4.79 Å². The van der Waals surface area contributed by atoms with E-state index in [1.54, 1.807) is 0 Å². The Bertz CT molecular complexity index is 693. The number of H-pyrrole nitrogens is 1. The van der Waals surface area contributed by atoms with Gasteiger partial charge in [0.2, 0.25) is 5.91 Å². The Hall–Kier alpha value is -1.63. The van der Waals surface area contributed by atoms with Crippen LogP contribution in [0.4, 0.5) is 0 Å². The molecular formula is C16H22ClN5O. The molecule has 2 heterocycles.